The lowest BCUT2D eigenvalue weighted by atomic mass is 9.88. The largest absolute Gasteiger partial charge is 0.355 e. The number of halogens is 1. The Morgan fingerprint density at radius 3 is 2.71 bits per heavy atom. The van der Waals surface area contributed by atoms with Crippen molar-refractivity contribution in [1.29, 1.82) is 0 Å². The molecule has 1 aromatic heterocycles. The van der Waals surface area contributed by atoms with Crippen LogP contribution in [0.25, 0.3) is 0 Å². The number of amides is 2. The van der Waals surface area contributed by atoms with Crippen LogP contribution in [0.15, 0.2) is 24.3 Å². The molecule has 2 N–H and O–H groups in total. The zero-order chi connectivity index (χ0) is 17.3. The van der Waals surface area contributed by atoms with Crippen LogP contribution in [0.3, 0.4) is 0 Å². The summed E-state index contributed by atoms with van der Waals surface area (Å²) in [6.07, 6.45) is 2.75. The van der Waals surface area contributed by atoms with Crippen molar-refractivity contribution in [2.75, 3.05) is 12.4 Å². The van der Waals surface area contributed by atoms with Gasteiger partial charge in [-0.3, -0.25) is 9.59 Å². The number of nitrogens with one attached hydrogen (secondary N) is 2. The minimum absolute atomic E-state index is 0.0277. The number of hydrogen-bond donors (Lipinski definition) is 2. The molecule has 126 valence electrons. The number of benzene rings is 1. The molecule has 0 saturated heterocycles. The summed E-state index contributed by atoms with van der Waals surface area (Å²) in [6, 6.07) is 5.82. The summed E-state index contributed by atoms with van der Waals surface area (Å²) in [7, 11) is 1.57. The van der Waals surface area contributed by atoms with E-state index in [1.54, 1.807) is 13.1 Å². The van der Waals surface area contributed by atoms with Crippen molar-refractivity contribution in [2.24, 2.45) is 5.92 Å². The molecule has 0 fully saturated rings. The van der Waals surface area contributed by atoms with Gasteiger partial charge < -0.3 is 10.6 Å². The van der Waals surface area contributed by atoms with Gasteiger partial charge in [0.25, 0.3) is 11.8 Å². The highest BCUT2D eigenvalue weighted by Crippen LogP contribution is 2.39. The van der Waals surface area contributed by atoms with Crippen LogP contribution in [0.4, 0.5) is 9.39 Å². The van der Waals surface area contributed by atoms with E-state index >= 15 is 0 Å². The van der Waals surface area contributed by atoms with Gasteiger partial charge in [0.1, 0.15) is 10.8 Å². The maximum absolute atomic E-state index is 13.8. The average Bonchev–Trinajstić information content (AvgIpc) is 2.91. The van der Waals surface area contributed by atoms with Gasteiger partial charge in [-0.2, -0.15) is 0 Å². The molecule has 0 spiro atoms. The lowest BCUT2D eigenvalue weighted by Gasteiger charge is -2.18. The summed E-state index contributed by atoms with van der Waals surface area (Å²) in [5.74, 6) is -0.772. The highest BCUT2D eigenvalue weighted by molar-refractivity contribution is 7.17. The maximum atomic E-state index is 13.8. The third-order valence-corrected chi connectivity index (χ3v) is 5.48. The van der Waals surface area contributed by atoms with Crippen molar-refractivity contribution >= 4 is 28.2 Å². The second-order valence-corrected chi connectivity index (χ2v) is 7.17. The molecule has 6 heteroatoms. The van der Waals surface area contributed by atoms with E-state index in [0.29, 0.717) is 16.5 Å². The van der Waals surface area contributed by atoms with E-state index in [1.807, 2.05) is 0 Å². The number of hydrogen-bond acceptors (Lipinski definition) is 3. The second kappa shape index (κ2) is 6.73. The summed E-state index contributed by atoms with van der Waals surface area (Å²) in [5, 5.41) is 5.87. The molecule has 1 heterocycles. The fraction of sp³-hybridized carbons (Fsp3) is 0.333. The quantitative estimate of drug-likeness (QED) is 0.892. The van der Waals surface area contributed by atoms with Crippen LogP contribution in [0.1, 0.15) is 44.5 Å². The van der Waals surface area contributed by atoms with E-state index in [4.69, 9.17) is 0 Å². The molecule has 2 amide bonds. The first kappa shape index (κ1) is 16.6. The molecule has 24 heavy (non-hydrogen) atoms. The molecule has 1 atom stereocenters. The summed E-state index contributed by atoms with van der Waals surface area (Å²) >= 11 is 1.42. The van der Waals surface area contributed by atoms with E-state index in [2.05, 4.69) is 17.6 Å². The van der Waals surface area contributed by atoms with Crippen molar-refractivity contribution in [3.05, 3.63) is 51.7 Å². The van der Waals surface area contributed by atoms with Crippen molar-refractivity contribution in [2.45, 2.75) is 26.2 Å². The third kappa shape index (κ3) is 3.06. The molecule has 1 aliphatic rings. The smallest absolute Gasteiger partial charge is 0.259 e. The Morgan fingerprint density at radius 2 is 2.00 bits per heavy atom. The molecule has 1 aromatic carbocycles. The Morgan fingerprint density at radius 1 is 1.25 bits per heavy atom. The third-order valence-electron chi connectivity index (χ3n) is 4.31. The summed E-state index contributed by atoms with van der Waals surface area (Å²) in [4.78, 5) is 25.8. The zero-order valence-electron chi connectivity index (χ0n) is 13.6. The van der Waals surface area contributed by atoms with Gasteiger partial charge in [-0.05, 0) is 42.9 Å². The van der Waals surface area contributed by atoms with Crippen LogP contribution >= 0.6 is 11.3 Å². The molecule has 0 radical (unpaired) electrons. The zero-order valence-corrected chi connectivity index (χ0v) is 14.4. The van der Waals surface area contributed by atoms with Crippen LogP contribution in [0, 0.1) is 11.7 Å². The number of rotatable bonds is 3. The van der Waals surface area contributed by atoms with Crippen molar-refractivity contribution < 1.29 is 14.0 Å². The monoisotopic (exact) mass is 346 g/mol. The molecule has 0 saturated carbocycles. The van der Waals surface area contributed by atoms with Gasteiger partial charge in [0, 0.05) is 11.9 Å². The first-order chi connectivity index (χ1) is 11.5. The molecule has 2 aromatic rings. The number of anilines is 1. The standard InChI is InChI=1S/C18H19FN2O2S/c1-10-7-8-12-14(9-10)24-18(15(12)17(23)20-2)21-16(22)11-5-3-4-6-13(11)19/h3-6,10H,7-9H2,1-2H3,(H,20,23)(H,21,22)/t10-/m1/s1. The van der Waals surface area contributed by atoms with Gasteiger partial charge in [-0.15, -0.1) is 11.3 Å². The van der Waals surface area contributed by atoms with E-state index < -0.39 is 11.7 Å². The van der Waals surface area contributed by atoms with Gasteiger partial charge in [0.05, 0.1) is 11.1 Å². The van der Waals surface area contributed by atoms with E-state index in [1.165, 1.54) is 29.5 Å². The Labute approximate surface area is 144 Å². The van der Waals surface area contributed by atoms with Crippen molar-refractivity contribution in [1.82, 2.24) is 5.32 Å². The molecular formula is C18H19FN2O2S. The molecular weight excluding hydrogens is 327 g/mol. The fourth-order valence-corrected chi connectivity index (χ4v) is 4.42. The van der Waals surface area contributed by atoms with Gasteiger partial charge in [0.2, 0.25) is 0 Å². The van der Waals surface area contributed by atoms with Crippen molar-refractivity contribution in [3.63, 3.8) is 0 Å². The highest BCUT2D eigenvalue weighted by atomic mass is 32.1. The van der Waals surface area contributed by atoms with Crippen molar-refractivity contribution in [3.8, 4) is 0 Å². The summed E-state index contributed by atoms with van der Waals surface area (Å²) in [5.41, 5.74) is 1.51. The SMILES string of the molecule is CNC(=O)c1c(NC(=O)c2ccccc2F)sc2c1CC[C@@H](C)C2. The molecule has 1 aliphatic carbocycles. The predicted octanol–water partition coefficient (Wildman–Crippen LogP) is 3.62. The number of thiophene rings is 1. The lowest BCUT2D eigenvalue weighted by Crippen LogP contribution is -2.23. The highest BCUT2D eigenvalue weighted by Gasteiger charge is 2.28. The summed E-state index contributed by atoms with van der Waals surface area (Å²) in [6.45, 7) is 2.18. The minimum Gasteiger partial charge on any atom is -0.355 e. The van der Waals surface area contributed by atoms with E-state index in [0.717, 1.165) is 29.7 Å². The van der Waals surface area contributed by atoms with Crippen LogP contribution in [-0.4, -0.2) is 18.9 Å². The molecule has 0 bridgehead atoms. The Bertz CT molecular complexity index is 800. The normalized spacial score (nSPS) is 16.4. The Balaban J connectivity index is 1.97. The Kier molecular flexibility index (Phi) is 4.66. The maximum Gasteiger partial charge on any atom is 0.259 e. The first-order valence-corrected chi connectivity index (χ1v) is 8.75. The summed E-state index contributed by atoms with van der Waals surface area (Å²) < 4.78 is 13.8. The van der Waals surface area contributed by atoms with E-state index in [-0.39, 0.29) is 11.5 Å². The molecule has 3 rings (SSSR count). The number of carbonyl (C=O) groups excluding carboxylic acids is 2. The first-order valence-electron chi connectivity index (χ1n) is 7.93. The van der Waals surface area contributed by atoms with Gasteiger partial charge >= 0.3 is 0 Å². The van der Waals surface area contributed by atoms with Crippen LogP contribution < -0.4 is 10.6 Å². The van der Waals surface area contributed by atoms with Crippen LogP contribution in [-0.2, 0) is 12.8 Å². The van der Waals surface area contributed by atoms with Crippen LogP contribution in [0.5, 0.6) is 0 Å². The van der Waals surface area contributed by atoms with E-state index in [9.17, 15) is 14.0 Å². The second-order valence-electron chi connectivity index (χ2n) is 6.07. The Hall–Kier alpha value is -2.21. The molecule has 0 aliphatic heterocycles. The number of fused-ring (bicyclic) bond motifs is 1. The minimum atomic E-state index is -0.577. The van der Waals surface area contributed by atoms with Gasteiger partial charge in [-0.25, -0.2) is 4.39 Å². The fourth-order valence-electron chi connectivity index (χ4n) is 3.02. The topological polar surface area (TPSA) is 58.2 Å². The van der Waals surface area contributed by atoms with Crippen LogP contribution in [0.2, 0.25) is 0 Å². The average molecular weight is 346 g/mol. The van der Waals surface area contributed by atoms with Gasteiger partial charge in [-0.1, -0.05) is 19.1 Å². The lowest BCUT2D eigenvalue weighted by molar-refractivity contribution is 0.0963. The number of carbonyl (C=O) groups is 2. The van der Waals surface area contributed by atoms with Gasteiger partial charge in [0.15, 0.2) is 0 Å². The predicted molar refractivity (Wildman–Crippen MR) is 93.3 cm³/mol. The molecule has 0 unspecified atom stereocenters. The molecule has 4 nitrogen and oxygen atoms in total.